The predicted octanol–water partition coefficient (Wildman–Crippen LogP) is 5.02. The molecule has 1 N–H and O–H groups in total. The Morgan fingerprint density at radius 3 is 1.93 bits per heavy atom. The number of hydrogen-bond donors (Lipinski definition) is 1. The van der Waals surface area contributed by atoms with E-state index in [4.69, 9.17) is 0 Å². The molecule has 0 aliphatic rings. The lowest BCUT2D eigenvalue weighted by molar-refractivity contribution is -0.139. The van der Waals surface area contributed by atoms with E-state index < -0.39 is 34.3 Å². The Kier molecular flexibility index (Phi) is 9.75. The van der Waals surface area contributed by atoms with E-state index in [1.165, 1.54) is 24.1 Å². The fourth-order valence-corrected chi connectivity index (χ4v) is 6.00. The zero-order valence-electron chi connectivity index (χ0n) is 23.8. The summed E-state index contributed by atoms with van der Waals surface area (Å²) in [6, 6.07) is 27.2. The predicted molar refractivity (Wildman–Crippen MR) is 162 cm³/mol. The summed E-state index contributed by atoms with van der Waals surface area (Å²) in [5.41, 5.74) is 3.86. The normalized spacial score (nSPS) is 11.9. The van der Waals surface area contributed by atoms with Crippen molar-refractivity contribution in [3.8, 4) is 0 Å². The van der Waals surface area contributed by atoms with Gasteiger partial charge in [0.1, 0.15) is 18.4 Å². The van der Waals surface area contributed by atoms with E-state index in [-0.39, 0.29) is 29.5 Å². The van der Waals surface area contributed by atoms with Crippen LogP contribution >= 0.6 is 0 Å². The van der Waals surface area contributed by atoms with Crippen LogP contribution in [0, 0.1) is 19.7 Å². The first kappa shape index (κ1) is 30.5. The van der Waals surface area contributed by atoms with Gasteiger partial charge in [0.05, 0.1) is 10.6 Å². The van der Waals surface area contributed by atoms with Crippen molar-refractivity contribution in [2.24, 2.45) is 0 Å². The monoisotopic (exact) mass is 587 g/mol. The zero-order chi connectivity index (χ0) is 30.3. The molecule has 0 spiro atoms. The Balaban J connectivity index is 1.77. The molecule has 7 nitrogen and oxygen atoms in total. The molecule has 0 saturated heterocycles. The maximum atomic E-state index is 14.2. The van der Waals surface area contributed by atoms with E-state index in [0.29, 0.717) is 0 Å². The second-order valence-electron chi connectivity index (χ2n) is 10.1. The number of hydrogen-bond acceptors (Lipinski definition) is 4. The minimum atomic E-state index is -4.28. The van der Waals surface area contributed by atoms with E-state index in [1.807, 2.05) is 68.4 Å². The number of rotatable bonds is 11. The standard InChI is InChI=1S/C33H34FN3O4S/c1-24-9-13-27(14-10-24)22-36(31(33(39)35-3)21-26-7-5-4-6-8-26)32(38)23-37(29-17-11-25(2)12-18-29)42(40,41)30-19-15-28(34)16-20-30/h4-20,31H,21-23H2,1-3H3,(H,35,39)/t31-/m1/s1. The fraction of sp³-hybridized carbons (Fsp3) is 0.212. The Morgan fingerprint density at radius 1 is 0.786 bits per heavy atom. The molecule has 4 aromatic rings. The number of sulfonamides is 1. The number of aryl methyl sites for hydroxylation is 2. The SMILES string of the molecule is CNC(=O)[C@@H](Cc1ccccc1)N(Cc1ccc(C)cc1)C(=O)CN(c1ccc(C)cc1)S(=O)(=O)c1ccc(F)cc1. The lowest BCUT2D eigenvalue weighted by atomic mass is 10.0. The van der Waals surface area contributed by atoms with Crippen LogP contribution in [0.25, 0.3) is 0 Å². The molecule has 0 radical (unpaired) electrons. The Hall–Kier alpha value is -4.50. The number of carbonyl (C=O) groups is 2. The molecule has 0 unspecified atom stereocenters. The molecule has 4 rings (SSSR count). The first-order valence-electron chi connectivity index (χ1n) is 13.5. The van der Waals surface area contributed by atoms with Crippen LogP contribution in [0.4, 0.5) is 10.1 Å². The number of anilines is 1. The Bertz CT molecular complexity index is 1610. The number of likely N-dealkylation sites (N-methyl/N-ethyl adjacent to an activating group) is 1. The molecule has 1 atom stereocenters. The maximum absolute atomic E-state index is 14.2. The van der Waals surface area contributed by atoms with Gasteiger partial charge in [-0.05, 0) is 61.4 Å². The molecule has 0 saturated carbocycles. The molecule has 2 amide bonds. The van der Waals surface area contributed by atoms with Crippen molar-refractivity contribution in [3.05, 3.63) is 131 Å². The minimum absolute atomic E-state index is 0.0857. The van der Waals surface area contributed by atoms with Crippen LogP contribution in [0.2, 0.25) is 0 Å². The third-order valence-corrected chi connectivity index (χ3v) is 8.78. The fourth-order valence-electron chi connectivity index (χ4n) is 4.58. The van der Waals surface area contributed by atoms with Gasteiger partial charge in [0.25, 0.3) is 10.0 Å². The van der Waals surface area contributed by atoms with Crippen molar-refractivity contribution < 1.29 is 22.4 Å². The van der Waals surface area contributed by atoms with Gasteiger partial charge >= 0.3 is 0 Å². The molecule has 0 aliphatic heterocycles. The van der Waals surface area contributed by atoms with E-state index in [9.17, 15) is 22.4 Å². The number of carbonyl (C=O) groups excluding carboxylic acids is 2. The number of amides is 2. The van der Waals surface area contributed by atoms with Crippen LogP contribution < -0.4 is 9.62 Å². The van der Waals surface area contributed by atoms with Crippen LogP contribution in [0.15, 0.2) is 108 Å². The average molecular weight is 588 g/mol. The molecule has 4 aromatic carbocycles. The highest BCUT2D eigenvalue weighted by Gasteiger charge is 2.34. The molecule has 9 heteroatoms. The lowest BCUT2D eigenvalue weighted by Crippen LogP contribution is -2.53. The second-order valence-corrected chi connectivity index (χ2v) is 12.0. The molecular formula is C33H34FN3O4S. The van der Waals surface area contributed by atoms with E-state index in [0.717, 1.165) is 38.7 Å². The van der Waals surface area contributed by atoms with Crippen molar-refractivity contribution in [2.45, 2.75) is 37.8 Å². The van der Waals surface area contributed by atoms with Gasteiger partial charge in [0.15, 0.2) is 0 Å². The molecule has 218 valence electrons. The lowest BCUT2D eigenvalue weighted by Gasteiger charge is -2.33. The summed E-state index contributed by atoms with van der Waals surface area (Å²) in [6.07, 6.45) is 0.230. The van der Waals surface area contributed by atoms with Gasteiger partial charge < -0.3 is 10.2 Å². The quantitative estimate of drug-likeness (QED) is 0.267. The summed E-state index contributed by atoms with van der Waals surface area (Å²) in [6.45, 7) is 3.34. The molecule has 0 bridgehead atoms. The maximum Gasteiger partial charge on any atom is 0.264 e. The minimum Gasteiger partial charge on any atom is -0.357 e. The molecule has 0 fully saturated rings. The van der Waals surface area contributed by atoms with Crippen LogP contribution in [0.5, 0.6) is 0 Å². The van der Waals surface area contributed by atoms with Crippen molar-refractivity contribution >= 4 is 27.5 Å². The van der Waals surface area contributed by atoms with Gasteiger partial charge in [-0.3, -0.25) is 13.9 Å². The van der Waals surface area contributed by atoms with Crippen LogP contribution in [-0.2, 0) is 32.6 Å². The number of nitrogens with zero attached hydrogens (tertiary/aromatic N) is 2. The average Bonchev–Trinajstić information content (AvgIpc) is 2.99. The van der Waals surface area contributed by atoms with E-state index in [1.54, 1.807) is 24.3 Å². The molecule has 0 aliphatic carbocycles. The van der Waals surface area contributed by atoms with E-state index in [2.05, 4.69) is 5.32 Å². The highest BCUT2D eigenvalue weighted by molar-refractivity contribution is 7.92. The summed E-state index contributed by atoms with van der Waals surface area (Å²) in [7, 11) is -2.78. The first-order chi connectivity index (χ1) is 20.1. The Morgan fingerprint density at radius 2 is 1.36 bits per heavy atom. The van der Waals surface area contributed by atoms with Gasteiger partial charge in [-0.1, -0.05) is 77.9 Å². The smallest absolute Gasteiger partial charge is 0.264 e. The zero-order valence-corrected chi connectivity index (χ0v) is 24.6. The summed E-state index contributed by atoms with van der Waals surface area (Å²) >= 11 is 0. The van der Waals surface area contributed by atoms with Crippen molar-refractivity contribution in [1.29, 1.82) is 0 Å². The summed E-state index contributed by atoms with van der Waals surface area (Å²) in [4.78, 5) is 28.8. The van der Waals surface area contributed by atoms with Gasteiger partial charge in [-0.25, -0.2) is 12.8 Å². The van der Waals surface area contributed by atoms with E-state index >= 15 is 0 Å². The highest BCUT2D eigenvalue weighted by Crippen LogP contribution is 2.26. The van der Waals surface area contributed by atoms with Crippen LogP contribution in [-0.4, -0.2) is 44.8 Å². The number of halogens is 1. The van der Waals surface area contributed by atoms with Crippen molar-refractivity contribution in [1.82, 2.24) is 10.2 Å². The second kappa shape index (κ2) is 13.4. The molecular weight excluding hydrogens is 553 g/mol. The molecule has 0 heterocycles. The van der Waals surface area contributed by atoms with Gasteiger partial charge in [0.2, 0.25) is 11.8 Å². The Labute approximate surface area is 246 Å². The van der Waals surface area contributed by atoms with Crippen LogP contribution in [0.3, 0.4) is 0 Å². The summed E-state index contributed by atoms with van der Waals surface area (Å²) in [5, 5.41) is 2.67. The molecule has 0 aromatic heterocycles. The van der Waals surface area contributed by atoms with Gasteiger partial charge in [-0.2, -0.15) is 0 Å². The van der Waals surface area contributed by atoms with Crippen molar-refractivity contribution in [2.75, 3.05) is 17.9 Å². The third-order valence-electron chi connectivity index (χ3n) is 6.99. The summed E-state index contributed by atoms with van der Waals surface area (Å²) in [5.74, 6) is -1.51. The summed E-state index contributed by atoms with van der Waals surface area (Å²) < 4.78 is 42.4. The van der Waals surface area contributed by atoms with Crippen molar-refractivity contribution in [3.63, 3.8) is 0 Å². The topological polar surface area (TPSA) is 86.8 Å². The first-order valence-corrected chi connectivity index (χ1v) is 15.0. The largest absolute Gasteiger partial charge is 0.357 e. The third kappa shape index (κ3) is 7.41. The number of benzene rings is 4. The van der Waals surface area contributed by atoms with Gasteiger partial charge in [-0.15, -0.1) is 0 Å². The van der Waals surface area contributed by atoms with Crippen LogP contribution in [0.1, 0.15) is 22.3 Å². The molecule has 42 heavy (non-hydrogen) atoms. The highest BCUT2D eigenvalue weighted by atomic mass is 32.2. The number of nitrogens with one attached hydrogen (secondary N) is 1. The van der Waals surface area contributed by atoms with Gasteiger partial charge in [0, 0.05) is 20.0 Å².